The second kappa shape index (κ2) is 22.8. The summed E-state index contributed by atoms with van der Waals surface area (Å²) >= 11 is 14.0. The van der Waals surface area contributed by atoms with Gasteiger partial charge in [0.1, 0.15) is 0 Å². The van der Waals surface area contributed by atoms with Gasteiger partial charge in [-0.2, -0.15) is 20.4 Å². The number of hydrogen-bond acceptors (Lipinski definition) is 12. The summed E-state index contributed by atoms with van der Waals surface area (Å²) in [6, 6.07) is 39.5. The monoisotopic (exact) mass is 1260 g/mol. The van der Waals surface area contributed by atoms with E-state index >= 15 is 0 Å². The average Bonchev–Trinajstić information content (AvgIpc) is 4.20. The molecule has 0 aliphatic rings. The van der Waals surface area contributed by atoms with Crippen LogP contribution in [-0.4, -0.2) is 87.2 Å². The Hall–Kier alpha value is -7.52. The van der Waals surface area contributed by atoms with Crippen LogP contribution in [0.2, 0.25) is 0 Å². The van der Waals surface area contributed by atoms with Gasteiger partial charge in [0.25, 0.3) is 0 Å². The molecule has 0 radical (unpaired) electrons. The first-order chi connectivity index (χ1) is 36.4. The fourth-order valence-electron chi connectivity index (χ4n) is 8.32. The van der Waals surface area contributed by atoms with Gasteiger partial charge in [0.2, 0.25) is 0 Å². The smallest absolute Gasteiger partial charge is 0.154 e. The number of pyridine rings is 4. The Morgan fingerprint density at radius 3 is 1.24 bits per heavy atom. The molecule has 8 aromatic heterocycles. The lowest BCUT2D eigenvalue weighted by atomic mass is 10.2. The van der Waals surface area contributed by atoms with Crippen molar-refractivity contribution in [1.82, 2.24) is 59.1 Å². The number of halogens is 4. The molecule has 16 nitrogen and oxygen atoms in total. The Kier molecular flexibility index (Phi) is 16.0. The second-order valence-corrected chi connectivity index (χ2v) is 21.8. The zero-order chi connectivity index (χ0) is 53.9. The summed E-state index contributed by atoms with van der Waals surface area (Å²) < 4.78 is 11.2. The summed E-state index contributed by atoms with van der Waals surface area (Å²) in [4.78, 5) is 22.1. The van der Waals surface area contributed by atoms with E-state index in [0.29, 0.717) is 11.4 Å². The molecule has 0 saturated carbocycles. The van der Waals surface area contributed by atoms with E-state index < -0.39 is 0 Å². The summed E-state index contributed by atoms with van der Waals surface area (Å²) in [7, 11) is 8.12. The van der Waals surface area contributed by atoms with Gasteiger partial charge in [-0.3, -0.25) is 0 Å². The average molecular weight is 1270 g/mol. The Bertz CT molecular complexity index is 4030. The van der Waals surface area contributed by atoms with Crippen molar-refractivity contribution in [1.29, 1.82) is 0 Å². The molecule has 12 aromatic rings. The van der Waals surface area contributed by atoms with E-state index in [-0.39, 0.29) is 0 Å². The van der Waals surface area contributed by atoms with Crippen LogP contribution in [-0.2, 0) is 0 Å². The van der Waals surface area contributed by atoms with Crippen LogP contribution < -0.4 is 21.3 Å². The molecule has 0 atom stereocenters. The topological polar surface area (TPSA) is 181 Å². The molecule has 0 bridgehead atoms. The third-order valence-corrected chi connectivity index (χ3v) is 13.7. The standard InChI is InChI=1S/2C15H15BrN4.2C13H11BrN4/c1-10-5-4-6-15(17-10)20-9-12-13(18-20)7-11(16)8-14(12)19(2)3;1-10-5-4-6-15(18-10)20-14-8-11(16)7-13(19(2)3)12(14)9-17-20;1-8-3-2-4-13(16-8)18-7-10-11(15)5-9(14)6-12(10)17-18;1-8-3-2-4-13(17-8)18-12-6-9(14)5-11(15)10(12)7-16-18/h2*4-9H,1-3H3;2*2-7H,15H2,1H3. The van der Waals surface area contributed by atoms with Crippen LogP contribution >= 0.6 is 63.7 Å². The summed E-state index contributed by atoms with van der Waals surface area (Å²) in [6.07, 6.45) is 7.58. The molecule has 0 saturated heterocycles. The van der Waals surface area contributed by atoms with Crippen LogP contribution in [0.15, 0.2) is 164 Å². The number of fused-ring (bicyclic) bond motifs is 4. The minimum atomic E-state index is 0.707. The molecule has 76 heavy (non-hydrogen) atoms. The lowest BCUT2D eigenvalue weighted by Crippen LogP contribution is -2.09. The van der Waals surface area contributed by atoms with Gasteiger partial charge >= 0.3 is 0 Å². The highest BCUT2D eigenvalue weighted by Crippen LogP contribution is 2.33. The molecule has 0 aliphatic carbocycles. The highest BCUT2D eigenvalue weighted by Gasteiger charge is 2.15. The third kappa shape index (κ3) is 11.9. The fourth-order valence-corrected chi connectivity index (χ4v) is 10.1. The van der Waals surface area contributed by atoms with Gasteiger partial charge in [0, 0.05) is 126 Å². The van der Waals surface area contributed by atoms with E-state index in [0.717, 1.165) is 119 Å². The summed E-state index contributed by atoms with van der Waals surface area (Å²) in [5.41, 5.74) is 23.3. The van der Waals surface area contributed by atoms with Crippen molar-refractivity contribution < 1.29 is 0 Å². The first kappa shape index (κ1) is 53.3. The van der Waals surface area contributed by atoms with Crippen molar-refractivity contribution in [3.8, 4) is 23.3 Å². The van der Waals surface area contributed by atoms with Crippen LogP contribution in [0.25, 0.3) is 66.9 Å². The van der Waals surface area contributed by atoms with Crippen molar-refractivity contribution in [3.05, 3.63) is 187 Å². The van der Waals surface area contributed by atoms with Crippen LogP contribution in [0.5, 0.6) is 0 Å². The van der Waals surface area contributed by atoms with Crippen LogP contribution in [0.1, 0.15) is 22.8 Å². The molecule has 20 heteroatoms. The Morgan fingerprint density at radius 1 is 0.408 bits per heavy atom. The number of aromatic nitrogens is 12. The predicted molar refractivity (Wildman–Crippen MR) is 323 cm³/mol. The summed E-state index contributed by atoms with van der Waals surface area (Å²) in [6.45, 7) is 7.88. The van der Waals surface area contributed by atoms with Crippen LogP contribution in [0, 0.1) is 27.7 Å². The highest BCUT2D eigenvalue weighted by atomic mass is 79.9. The molecular formula is C56H52Br4N16. The molecule has 0 fully saturated rings. The predicted octanol–water partition coefficient (Wildman–Crippen LogP) is 13.3. The van der Waals surface area contributed by atoms with Crippen LogP contribution in [0.4, 0.5) is 22.7 Å². The lowest BCUT2D eigenvalue weighted by Gasteiger charge is -2.14. The molecule has 8 heterocycles. The minimum Gasteiger partial charge on any atom is -0.398 e. The van der Waals surface area contributed by atoms with Gasteiger partial charge in [-0.15, -0.1) is 0 Å². The second-order valence-electron chi connectivity index (χ2n) is 18.2. The largest absolute Gasteiger partial charge is 0.398 e. The molecule has 12 rings (SSSR count). The Balaban J connectivity index is 0.000000124. The van der Waals surface area contributed by atoms with Crippen molar-refractivity contribution in [3.63, 3.8) is 0 Å². The molecule has 0 spiro atoms. The van der Waals surface area contributed by atoms with Crippen molar-refractivity contribution in [2.45, 2.75) is 27.7 Å². The van der Waals surface area contributed by atoms with E-state index in [1.165, 1.54) is 0 Å². The highest BCUT2D eigenvalue weighted by molar-refractivity contribution is 9.11. The van der Waals surface area contributed by atoms with Gasteiger partial charge < -0.3 is 21.3 Å². The molecule has 0 aliphatic heterocycles. The van der Waals surface area contributed by atoms with Gasteiger partial charge in [-0.25, -0.2) is 38.7 Å². The summed E-state index contributed by atoms with van der Waals surface area (Å²) in [5, 5.41) is 22.1. The molecule has 384 valence electrons. The van der Waals surface area contributed by atoms with E-state index in [1.54, 1.807) is 15.6 Å². The number of aryl methyl sites for hydroxylation is 4. The number of nitrogen functional groups attached to an aromatic ring is 2. The zero-order valence-corrected chi connectivity index (χ0v) is 49.1. The molecule has 4 N–H and O–H groups in total. The molecule has 0 amide bonds. The van der Waals surface area contributed by atoms with E-state index in [9.17, 15) is 0 Å². The SMILES string of the molecule is Cc1cccc(-n2cc3c(N(C)C)cc(Br)cc3n2)n1.Cc1cccc(-n2cc3c(N)cc(Br)cc3n2)n1.Cc1cccc(-n2ncc3c(N(C)C)cc(Br)cc32)n1.Cc1cccc(-n2ncc3c(N)cc(Br)cc32)n1. The van der Waals surface area contributed by atoms with Crippen LogP contribution in [0.3, 0.4) is 0 Å². The third-order valence-electron chi connectivity index (χ3n) is 11.9. The van der Waals surface area contributed by atoms with Gasteiger partial charge in [0.15, 0.2) is 23.3 Å². The molecular weight excluding hydrogens is 1220 g/mol. The van der Waals surface area contributed by atoms with Crippen molar-refractivity contribution >= 4 is 130 Å². The number of benzene rings is 4. The van der Waals surface area contributed by atoms with E-state index in [1.807, 2.05) is 187 Å². The lowest BCUT2D eigenvalue weighted by molar-refractivity contribution is 0.853. The zero-order valence-electron chi connectivity index (χ0n) is 42.8. The first-order valence-corrected chi connectivity index (χ1v) is 26.9. The van der Waals surface area contributed by atoms with E-state index in [2.05, 4.69) is 132 Å². The maximum atomic E-state index is 5.97. The first-order valence-electron chi connectivity index (χ1n) is 23.7. The van der Waals surface area contributed by atoms with Crippen molar-refractivity contribution in [2.24, 2.45) is 0 Å². The quantitative estimate of drug-likeness (QED) is 0.151. The summed E-state index contributed by atoms with van der Waals surface area (Å²) in [5.74, 6) is 3.26. The maximum Gasteiger partial charge on any atom is 0.154 e. The van der Waals surface area contributed by atoms with Crippen molar-refractivity contribution in [2.75, 3.05) is 49.5 Å². The Morgan fingerprint density at radius 2 is 0.763 bits per heavy atom. The van der Waals surface area contributed by atoms with Gasteiger partial charge in [-0.1, -0.05) is 88.0 Å². The normalized spacial score (nSPS) is 11.0. The number of nitrogens with two attached hydrogens (primary N) is 2. The molecule has 4 aromatic carbocycles. The number of rotatable bonds is 6. The number of hydrogen-bond donors (Lipinski definition) is 2. The minimum absolute atomic E-state index is 0.707. The Labute approximate surface area is 472 Å². The fraction of sp³-hybridized carbons (Fsp3) is 0.143. The number of anilines is 4. The van der Waals surface area contributed by atoms with Gasteiger partial charge in [0.05, 0.1) is 34.5 Å². The van der Waals surface area contributed by atoms with E-state index in [4.69, 9.17) is 11.5 Å². The number of nitrogens with zero attached hydrogens (tertiary/aromatic N) is 14. The van der Waals surface area contributed by atoms with Gasteiger partial charge in [-0.05, 0) is 125 Å². The molecule has 0 unspecified atom stereocenters. The maximum absolute atomic E-state index is 5.97.